The van der Waals surface area contributed by atoms with Gasteiger partial charge in [-0.05, 0) is 39.0 Å². The standard InChI is InChI=1S/C17H15BrN6S/c18-14-11-22-24-16(21-9-12-3-1-5-19-8-12)7-15(23-17(14)24)20-10-13-4-2-6-25-13/h1-8,11,21H,9-10H2,(H,20,23). The number of nitrogens with zero attached hydrogens (tertiary/aromatic N) is 4. The first-order valence-corrected chi connectivity index (χ1v) is 9.40. The van der Waals surface area contributed by atoms with E-state index in [4.69, 9.17) is 0 Å². The smallest absolute Gasteiger partial charge is 0.173 e. The highest BCUT2D eigenvalue weighted by Gasteiger charge is 2.10. The lowest BCUT2D eigenvalue weighted by atomic mass is 10.3. The Bertz CT molecular complexity index is 968. The number of pyridine rings is 1. The van der Waals surface area contributed by atoms with E-state index in [2.05, 4.69) is 53.1 Å². The number of anilines is 2. The number of fused-ring (bicyclic) bond motifs is 1. The van der Waals surface area contributed by atoms with E-state index in [0.717, 1.165) is 33.9 Å². The molecule has 0 unspecified atom stereocenters. The van der Waals surface area contributed by atoms with Crippen LogP contribution in [0.15, 0.2) is 58.8 Å². The van der Waals surface area contributed by atoms with Crippen molar-refractivity contribution >= 4 is 44.5 Å². The average Bonchev–Trinajstić information content (AvgIpc) is 3.29. The molecule has 4 aromatic heterocycles. The van der Waals surface area contributed by atoms with Crippen LogP contribution < -0.4 is 10.6 Å². The Morgan fingerprint density at radius 1 is 1.12 bits per heavy atom. The molecule has 0 saturated heterocycles. The van der Waals surface area contributed by atoms with Crippen LogP contribution in [-0.4, -0.2) is 19.6 Å². The fourth-order valence-electron chi connectivity index (χ4n) is 2.44. The molecule has 25 heavy (non-hydrogen) atoms. The third-order valence-corrected chi connectivity index (χ3v) is 5.08. The van der Waals surface area contributed by atoms with Crippen LogP contribution in [0.5, 0.6) is 0 Å². The fraction of sp³-hybridized carbons (Fsp3) is 0.118. The normalized spacial score (nSPS) is 10.9. The predicted octanol–water partition coefficient (Wildman–Crippen LogP) is 4.17. The molecule has 0 fully saturated rings. The first kappa shape index (κ1) is 16.0. The molecule has 0 bridgehead atoms. The molecule has 4 heterocycles. The summed E-state index contributed by atoms with van der Waals surface area (Å²) in [7, 11) is 0. The molecule has 4 rings (SSSR count). The van der Waals surface area contributed by atoms with Gasteiger partial charge in [-0.1, -0.05) is 12.1 Å². The van der Waals surface area contributed by atoms with Crippen molar-refractivity contribution in [3.8, 4) is 0 Å². The van der Waals surface area contributed by atoms with Crippen molar-refractivity contribution in [2.75, 3.05) is 10.6 Å². The number of aromatic nitrogens is 4. The van der Waals surface area contributed by atoms with Gasteiger partial charge >= 0.3 is 0 Å². The second kappa shape index (κ2) is 7.20. The first-order chi connectivity index (χ1) is 12.3. The van der Waals surface area contributed by atoms with E-state index >= 15 is 0 Å². The Balaban J connectivity index is 1.59. The number of hydrogen-bond donors (Lipinski definition) is 2. The van der Waals surface area contributed by atoms with Crippen LogP contribution in [0.3, 0.4) is 0 Å². The van der Waals surface area contributed by atoms with Crippen molar-refractivity contribution in [1.29, 1.82) is 0 Å². The van der Waals surface area contributed by atoms with Crippen molar-refractivity contribution < 1.29 is 0 Å². The van der Waals surface area contributed by atoms with Crippen molar-refractivity contribution in [2.24, 2.45) is 0 Å². The number of halogens is 1. The molecule has 2 N–H and O–H groups in total. The number of thiophene rings is 1. The second-order valence-electron chi connectivity index (χ2n) is 5.40. The Morgan fingerprint density at radius 2 is 2.08 bits per heavy atom. The van der Waals surface area contributed by atoms with Gasteiger partial charge in [-0.25, -0.2) is 4.98 Å². The largest absolute Gasteiger partial charge is 0.366 e. The summed E-state index contributed by atoms with van der Waals surface area (Å²) in [5, 5.41) is 13.2. The minimum absolute atomic E-state index is 0.662. The highest BCUT2D eigenvalue weighted by molar-refractivity contribution is 9.10. The lowest BCUT2D eigenvalue weighted by molar-refractivity contribution is 0.922. The Kier molecular flexibility index (Phi) is 4.62. The van der Waals surface area contributed by atoms with Crippen LogP contribution in [0.4, 0.5) is 11.6 Å². The van der Waals surface area contributed by atoms with Crippen LogP contribution >= 0.6 is 27.3 Å². The maximum absolute atomic E-state index is 4.64. The molecule has 126 valence electrons. The van der Waals surface area contributed by atoms with E-state index in [-0.39, 0.29) is 0 Å². The van der Waals surface area contributed by atoms with Crippen LogP contribution in [0.2, 0.25) is 0 Å². The summed E-state index contributed by atoms with van der Waals surface area (Å²) in [6.45, 7) is 1.41. The van der Waals surface area contributed by atoms with Gasteiger partial charge in [-0.15, -0.1) is 11.3 Å². The molecule has 0 amide bonds. The summed E-state index contributed by atoms with van der Waals surface area (Å²) < 4.78 is 2.65. The lowest BCUT2D eigenvalue weighted by Crippen LogP contribution is -2.08. The summed E-state index contributed by atoms with van der Waals surface area (Å²) in [4.78, 5) is 10.1. The molecule has 0 radical (unpaired) electrons. The SMILES string of the molecule is Brc1cnn2c(NCc3cccnc3)cc(NCc3cccs3)nc12. The third-order valence-electron chi connectivity index (χ3n) is 3.65. The summed E-state index contributed by atoms with van der Waals surface area (Å²) in [6, 6.07) is 10.1. The van der Waals surface area contributed by atoms with E-state index in [1.54, 1.807) is 28.2 Å². The monoisotopic (exact) mass is 414 g/mol. The van der Waals surface area contributed by atoms with Gasteiger partial charge in [-0.2, -0.15) is 9.61 Å². The van der Waals surface area contributed by atoms with Gasteiger partial charge < -0.3 is 10.6 Å². The average molecular weight is 415 g/mol. The molecule has 0 atom stereocenters. The quantitative estimate of drug-likeness (QED) is 0.495. The van der Waals surface area contributed by atoms with Crippen LogP contribution in [0, 0.1) is 0 Å². The Morgan fingerprint density at radius 3 is 2.88 bits per heavy atom. The van der Waals surface area contributed by atoms with Crippen LogP contribution in [0.1, 0.15) is 10.4 Å². The lowest BCUT2D eigenvalue weighted by Gasteiger charge is -2.11. The third kappa shape index (κ3) is 3.64. The highest BCUT2D eigenvalue weighted by atomic mass is 79.9. The maximum Gasteiger partial charge on any atom is 0.173 e. The van der Waals surface area contributed by atoms with Gasteiger partial charge in [0.15, 0.2) is 5.65 Å². The molecular weight excluding hydrogens is 400 g/mol. The molecule has 4 aromatic rings. The zero-order chi connectivity index (χ0) is 17.1. The van der Waals surface area contributed by atoms with Crippen molar-refractivity contribution in [2.45, 2.75) is 13.1 Å². The molecule has 8 heteroatoms. The van der Waals surface area contributed by atoms with Crippen molar-refractivity contribution in [3.63, 3.8) is 0 Å². The highest BCUT2D eigenvalue weighted by Crippen LogP contribution is 2.23. The summed E-state index contributed by atoms with van der Waals surface area (Å²) in [5.41, 5.74) is 1.87. The van der Waals surface area contributed by atoms with E-state index in [1.807, 2.05) is 30.5 Å². The van der Waals surface area contributed by atoms with Crippen LogP contribution in [0.25, 0.3) is 5.65 Å². The number of hydrogen-bond acceptors (Lipinski definition) is 6. The van der Waals surface area contributed by atoms with Gasteiger partial charge in [0.2, 0.25) is 0 Å². The fourth-order valence-corrected chi connectivity index (χ4v) is 3.43. The molecule has 0 aliphatic carbocycles. The van der Waals surface area contributed by atoms with Gasteiger partial charge in [0, 0.05) is 29.9 Å². The summed E-state index contributed by atoms with van der Waals surface area (Å²) in [6.07, 6.45) is 5.37. The number of nitrogens with one attached hydrogen (secondary N) is 2. The zero-order valence-corrected chi connectivity index (χ0v) is 15.6. The first-order valence-electron chi connectivity index (χ1n) is 7.73. The molecule has 6 nitrogen and oxygen atoms in total. The minimum Gasteiger partial charge on any atom is -0.366 e. The van der Waals surface area contributed by atoms with E-state index in [0.29, 0.717) is 6.54 Å². The molecule has 0 aromatic carbocycles. The minimum atomic E-state index is 0.662. The molecular formula is C17H15BrN6S. The molecule has 0 spiro atoms. The predicted molar refractivity (Wildman–Crippen MR) is 104 cm³/mol. The van der Waals surface area contributed by atoms with Gasteiger partial charge in [-0.3, -0.25) is 4.98 Å². The van der Waals surface area contributed by atoms with E-state index in [1.165, 1.54) is 4.88 Å². The Labute approximate surface area is 157 Å². The van der Waals surface area contributed by atoms with Crippen molar-refractivity contribution in [3.05, 3.63) is 69.2 Å². The summed E-state index contributed by atoms with van der Waals surface area (Å²) in [5.74, 6) is 1.67. The van der Waals surface area contributed by atoms with Gasteiger partial charge in [0.1, 0.15) is 11.6 Å². The Hall–Kier alpha value is -2.45. The topological polar surface area (TPSA) is 67.1 Å². The number of rotatable bonds is 6. The van der Waals surface area contributed by atoms with Crippen LogP contribution in [-0.2, 0) is 13.1 Å². The maximum atomic E-state index is 4.64. The summed E-state index contributed by atoms with van der Waals surface area (Å²) >= 11 is 5.23. The zero-order valence-electron chi connectivity index (χ0n) is 13.2. The van der Waals surface area contributed by atoms with E-state index in [9.17, 15) is 0 Å². The molecule has 0 saturated carbocycles. The molecule has 0 aliphatic heterocycles. The van der Waals surface area contributed by atoms with E-state index < -0.39 is 0 Å². The van der Waals surface area contributed by atoms with Gasteiger partial charge in [0.25, 0.3) is 0 Å². The molecule has 0 aliphatic rings. The van der Waals surface area contributed by atoms with Gasteiger partial charge in [0.05, 0.1) is 17.2 Å². The van der Waals surface area contributed by atoms with Crippen molar-refractivity contribution in [1.82, 2.24) is 19.6 Å². The second-order valence-corrected chi connectivity index (χ2v) is 7.29.